The first-order chi connectivity index (χ1) is 6.79. The van der Waals surface area contributed by atoms with Gasteiger partial charge < -0.3 is 4.98 Å². The molecule has 6 heteroatoms. The molecule has 0 aliphatic carbocycles. The Morgan fingerprint density at radius 2 is 2.43 bits per heavy atom. The van der Waals surface area contributed by atoms with Crippen LogP contribution >= 0.6 is 0 Å². The van der Waals surface area contributed by atoms with E-state index in [-0.39, 0.29) is 5.91 Å². The second-order valence-corrected chi connectivity index (χ2v) is 3.30. The van der Waals surface area contributed by atoms with Gasteiger partial charge in [0.1, 0.15) is 5.69 Å². The lowest BCUT2D eigenvalue weighted by Gasteiger charge is -2.29. The van der Waals surface area contributed by atoms with Gasteiger partial charge in [0, 0.05) is 13.6 Å². The molecular weight excluding hydrogens is 182 g/mol. The van der Waals surface area contributed by atoms with E-state index in [4.69, 9.17) is 0 Å². The van der Waals surface area contributed by atoms with Crippen molar-refractivity contribution in [3.63, 3.8) is 0 Å². The first-order valence-corrected chi connectivity index (χ1v) is 4.42. The van der Waals surface area contributed by atoms with E-state index < -0.39 is 0 Å². The third-order valence-corrected chi connectivity index (χ3v) is 2.51. The largest absolute Gasteiger partial charge is 0.339 e. The molecule has 1 amide bonds. The van der Waals surface area contributed by atoms with E-state index in [1.54, 1.807) is 11.9 Å². The lowest BCUT2D eigenvalue weighted by atomic mass is 10.3. The van der Waals surface area contributed by atoms with Gasteiger partial charge in [-0.1, -0.05) is 0 Å². The number of imidazole rings is 1. The van der Waals surface area contributed by atoms with E-state index in [1.807, 2.05) is 4.90 Å². The molecule has 1 N–H and O–H groups in total. The number of hydrogen-bond acceptors (Lipinski definition) is 4. The Morgan fingerprint density at radius 1 is 1.57 bits per heavy atom. The quantitative estimate of drug-likeness (QED) is 0.610. The van der Waals surface area contributed by atoms with Gasteiger partial charge >= 0.3 is 0 Å². The molecule has 3 rings (SSSR count). The Labute approximate surface area is 80.2 Å². The molecule has 0 bridgehead atoms. The highest BCUT2D eigenvalue weighted by Crippen LogP contribution is 2.26. The number of anilines is 1. The van der Waals surface area contributed by atoms with E-state index in [0.717, 1.165) is 13.1 Å². The Bertz CT molecular complexity index is 435. The van der Waals surface area contributed by atoms with Crippen molar-refractivity contribution in [3.8, 4) is 0 Å². The van der Waals surface area contributed by atoms with Crippen molar-refractivity contribution >= 4 is 17.7 Å². The van der Waals surface area contributed by atoms with Gasteiger partial charge in [-0.05, 0) is 0 Å². The summed E-state index contributed by atoms with van der Waals surface area (Å²) >= 11 is 0. The van der Waals surface area contributed by atoms with Gasteiger partial charge in [-0.3, -0.25) is 19.6 Å². The molecule has 0 fully saturated rings. The molecule has 0 unspecified atom stereocenters. The highest BCUT2D eigenvalue weighted by Gasteiger charge is 2.36. The average molecular weight is 191 g/mol. The zero-order chi connectivity index (χ0) is 9.71. The molecule has 1 aromatic heterocycles. The highest BCUT2D eigenvalue weighted by atomic mass is 16.2. The first-order valence-electron chi connectivity index (χ1n) is 4.42. The lowest BCUT2D eigenvalue weighted by Crippen LogP contribution is -2.48. The van der Waals surface area contributed by atoms with E-state index in [1.165, 1.54) is 6.33 Å². The predicted octanol–water partition coefficient (Wildman–Crippen LogP) is -0.329. The molecule has 72 valence electrons. The predicted molar refractivity (Wildman–Crippen MR) is 50.3 cm³/mol. The molecule has 0 atom stereocenters. The maximum Gasteiger partial charge on any atom is 0.280 e. The molecule has 3 heterocycles. The summed E-state index contributed by atoms with van der Waals surface area (Å²) in [6.07, 6.45) is 1.54. The van der Waals surface area contributed by atoms with Crippen molar-refractivity contribution in [2.24, 2.45) is 4.99 Å². The number of H-pyrrole nitrogens is 1. The molecule has 2 aliphatic rings. The van der Waals surface area contributed by atoms with Crippen LogP contribution in [0.2, 0.25) is 0 Å². The Balaban J connectivity index is 2.21. The van der Waals surface area contributed by atoms with Crippen LogP contribution in [-0.4, -0.2) is 46.9 Å². The second-order valence-electron chi connectivity index (χ2n) is 3.30. The number of nitrogens with one attached hydrogen (secondary N) is 1. The van der Waals surface area contributed by atoms with Crippen molar-refractivity contribution in [2.45, 2.75) is 0 Å². The molecule has 0 saturated carbocycles. The second kappa shape index (κ2) is 2.34. The Hall–Kier alpha value is -1.85. The monoisotopic (exact) mass is 191 g/mol. The molecular formula is C8H9N5O. The third kappa shape index (κ3) is 0.729. The fourth-order valence-electron chi connectivity index (χ4n) is 1.83. The summed E-state index contributed by atoms with van der Waals surface area (Å²) in [4.78, 5) is 26.5. The standard InChI is InChI=1S/C8H9N5O/c1-12-7(14)5-6(11-4-10-5)13-3-2-9-8(12)13/h4H,2-3H2,1H3,(H,10,11). The maximum atomic E-state index is 11.8. The Kier molecular flexibility index (Phi) is 1.26. The average Bonchev–Trinajstić information content (AvgIpc) is 2.80. The minimum absolute atomic E-state index is 0.0746. The zero-order valence-corrected chi connectivity index (χ0v) is 7.69. The molecule has 6 nitrogen and oxygen atoms in total. The summed E-state index contributed by atoms with van der Waals surface area (Å²) in [6.45, 7) is 1.52. The molecule has 0 aromatic carbocycles. The molecule has 0 saturated heterocycles. The third-order valence-electron chi connectivity index (χ3n) is 2.51. The van der Waals surface area contributed by atoms with Crippen LogP contribution in [0.15, 0.2) is 11.3 Å². The van der Waals surface area contributed by atoms with E-state index in [2.05, 4.69) is 15.0 Å². The van der Waals surface area contributed by atoms with Crippen LogP contribution < -0.4 is 4.90 Å². The highest BCUT2D eigenvalue weighted by molar-refractivity contribution is 6.17. The van der Waals surface area contributed by atoms with Gasteiger partial charge in [-0.15, -0.1) is 0 Å². The first kappa shape index (κ1) is 7.54. The number of aromatic nitrogens is 2. The number of amides is 1. The van der Waals surface area contributed by atoms with Crippen molar-refractivity contribution < 1.29 is 4.79 Å². The maximum absolute atomic E-state index is 11.8. The van der Waals surface area contributed by atoms with Crippen LogP contribution in [0, 0.1) is 0 Å². The molecule has 14 heavy (non-hydrogen) atoms. The zero-order valence-electron chi connectivity index (χ0n) is 7.69. The number of fused-ring (bicyclic) bond motifs is 3. The number of rotatable bonds is 0. The van der Waals surface area contributed by atoms with Gasteiger partial charge in [0.05, 0.1) is 12.9 Å². The van der Waals surface area contributed by atoms with E-state index in [0.29, 0.717) is 17.5 Å². The van der Waals surface area contributed by atoms with Gasteiger partial charge in [0.15, 0.2) is 5.82 Å². The van der Waals surface area contributed by atoms with Gasteiger partial charge in [0.25, 0.3) is 5.91 Å². The fourth-order valence-corrected chi connectivity index (χ4v) is 1.83. The van der Waals surface area contributed by atoms with Crippen LogP contribution in [-0.2, 0) is 0 Å². The number of carbonyl (C=O) groups is 1. The summed E-state index contributed by atoms with van der Waals surface area (Å²) in [5.74, 6) is 1.33. The summed E-state index contributed by atoms with van der Waals surface area (Å²) < 4.78 is 0. The smallest absolute Gasteiger partial charge is 0.280 e. The van der Waals surface area contributed by atoms with Crippen molar-refractivity contribution in [2.75, 3.05) is 25.0 Å². The van der Waals surface area contributed by atoms with Crippen molar-refractivity contribution in [1.82, 2.24) is 14.9 Å². The van der Waals surface area contributed by atoms with Crippen LogP contribution in [0.5, 0.6) is 0 Å². The topological polar surface area (TPSA) is 64.6 Å². The number of aliphatic imine (C=N–C) groups is 1. The number of aromatic amines is 1. The van der Waals surface area contributed by atoms with Crippen molar-refractivity contribution in [1.29, 1.82) is 0 Å². The summed E-state index contributed by atoms with van der Waals surface area (Å²) in [7, 11) is 1.73. The molecule has 0 spiro atoms. The number of carbonyl (C=O) groups excluding carboxylic acids is 1. The SMILES string of the molecule is CN1C(=O)c2[nH]cnc2N2CCN=C12. The van der Waals surface area contributed by atoms with Crippen LogP contribution in [0.25, 0.3) is 0 Å². The minimum atomic E-state index is -0.0746. The molecule has 2 aliphatic heterocycles. The normalized spacial score (nSPS) is 19.5. The lowest BCUT2D eigenvalue weighted by molar-refractivity contribution is 0.0860. The molecule has 1 aromatic rings. The van der Waals surface area contributed by atoms with Crippen LogP contribution in [0.4, 0.5) is 5.82 Å². The summed E-state index contributed by atoms with van der Waals surface area (Å²) in [5.41, 5.74) is 0.549. The van der Waals surface area contributed by atoms with Gasteiger partial charge in [-0.25, -0.2) is 4.98 Å². The van der Waals surface area contributed by atoms with Crippen LogP contribution in [0.1, 0.15) is 10.5 Å². The van der Waals surface area contributed by atoms with Gasteiger partial charge in [-0.2, -0.15) is 0 Å². The fraction of sp³-hybridized carbons (Fsp3) is 0.375. The summed E-state index contributed by atoms with van der Waals surface area (Å²) in [6, 6.07) is 0. The summed E-state index contributed by atoms with van der Waals surface area (Å²) in [5, 5.41) is 0. The number of nitrogens with zero attached hydrogens (tertiary/aromatic N) is 4. The minimum Gasteiger partial charge on any atom is -0.339 e. The molecule has 0 radical (unpaired) electrons. The van der Waals surface area contributed by atoms with Crippen LogP contribution in [0.3, 0.4) is 0 Å². The Morgan fingerprint density at radius 3 is 3.29 bits per heavy atom. The number of hydrogen-bond donors (Lipinski definition) is 1. The van der Waals surface area contributed by atoms with E-state index >= 15 is 0 Å². The van der Waals surface area contributed by atoms with Crippen molar-refractivity contribution in [3.05, 3.63) is 12.0 Å². The van der Waals surface area contributed by atoms with Gasteiger partial charge in [0.2, 0.25) is 5.96 Å². The number of guanidine groups is 1. The van der Waals surface area contributed by atoms with E-state index in [9.17, 15) is 4.79 Å².